The van der Waals surface area contributed by atoms with Crippen molar-refractivity contribution in [2.75, 3.05) is 26.3 Å². The summed E-state index contributed by atoms with van der Waals surface area (Å²) >= 11 is 0. The number of likely N-dealkylation sites (tertiary alicyclic amines) is 1. The van der Waals surface area contributed by atoms with Crippen LogP contribution in [0, 0.1) is 11.3 Å². The molecule has 2 aliphatic rings. The Morgan fingerprint density at radius 3 is 2.25 bits per heavy atom. The number of hydrogen-bond acceptors (Lipinski definition) is 4. The van der Waals surface area contributed by atoms with Crippen molar-refractivity contribution >= 4 is 17.6 Å². The average molecular weight is 397 g/mol. The summed E-state index contributed by atoms with van der Waals surface area (Å²) in [5.41, 5.74) is 0.322. The highest BCUT2D eigenvalue weighted by Gasteiger charge is 2.40. The molecule has 1 saturated heterocycles. The van der Waals surface area contributed by atoms with Crippen molar-refractivity contribution in [1.82, 2.24) is 10.2 Å². The smallest absolute Gasteiger partial charge is 0.224 e. The fourth-order valence-electron chi connectivity index (χ4n) is 4.41. The molecule has 1 heterocycles. The fraction of sp³-hybridized carbons (Fsp3) is 0.864. The lowest BCUT2D eigenvalue weighted by Gasteiger charge is -2.45. The van der Waals surface area contributed by atoms with Crippen LogP contribution in [-0.4, -0.2) is 54.8 Å². The Morgan fingerprint density at radius 2 is 1.68 bits per heavy atom. The summed E-state index contributed by atoms with van der Waals surface area (Å²) in [7, 11) is 0. The lowest BCUT2D eigenvalue weighted by Crippen LogP contribution is -2.46. The number of carbonyl (C=O) groups excluding carboxylic acids is 3. The van der Waals surface area contributed by atoms with Gasteiger partial charge < -0.3 is 15.0 Å². The zero-order valence-electron chi connectivity index (χ0n) is 17.9. The van der Waals surface area contributed by atoms with E-state index < -0.39 is 0 Å². The Hall–Kier alpha value is -1.43. The monoisotopic (exact) mass is 396 g/mol. The van der Waals surface area contributed by atoms with E-state index in [2.05, 4.69) is 5.32 Å². The predicted octanol–water partition coefficient (Wildman–Crippen LogP) is 3.33. The normalized spacial score (nSPS) is 19.8. The Bertz CT molecular complexity index is 535. The molecule has 6 nitrogen and oxygen atoms in total. The minimum absolute atomic E-state index is 0. The van der Waals surface area contributed by atoms with Gasteiger partial charge in [0.2, 0.25) is 11.8 Å². The molecule has 0 atom stereocenters. The summed E-state index contributed by atoms with van der Waals surface area (Å²) in [6.07, 6.45) is 7.60. The summed E-state index contributed by atoms with van der Waals surface area (Å²) in [6.45, 7) is 8.29. The van der Waals surface area contributed by atoms with E-state index in [4.69, 9.17) is 4.74 Å². The molecule has 2 fully saturated rings. The van der Waals surface area contributed by atoms with Crippen LogP contribution in [0.5, 0.6) is 0 Å². The van der Waals surface area contributed by atoms with Gasteiger partial charge in [0.25, 0.3) is 0 Å². The zero-order chi connectivity index (χ0) is 20.6. The number of ketones is 1. The Labute approximate surface area is 171 Å². The second-order valence-corrected chi connectivity index (χ2v) is 8.82. The van der Waals surface area contributed by atoms with Crippen molar-refractivity contribution in [1.29, 1.82) is 0 Å². The molecule has 0 bridgehead atoms. The first-order chi connectivity index (χ1) is 13.3. The van der Waals surface area contributed by atoms with Gasteiger partial charge in [0, 0.05) is 39.3 Å². The van der Waals surface area contributed by atoms with Gasteiger partial charge in [-0.15, -0.1) is 0 Å². The van der Waals surface area contributed by atoms with Gasteiger partial charge in [-0.1, -0.05) is 6.92 Å². The molecule has 1 N–H and O–H groups in total. The third kappa shape index (κ3) is 6.87. The molecule has 28 heavy (non-hydrogen) atoms. The predicted molar refractivity (Wildman–Crippen MR) is 111 cm³/mol. The van der Waals surface area contributed by atoms with Gasteiger partial charge >= 0.3 is 0 Å². The van der Waals surface area contributed by atoms with Crippen molar-refractivity contribution in [2.45, 2.75) is 84.6 Å². The van der Waals surface area contributed by atoms with Crippen LogP contribution in [0.1, 0.15) is 80.0 Å². The number of Topliss-reactive ketones (excluding diaryl/α,β-unsaturated/α-hetero) is 1. The number of hydrogen-bond donors (Lipinski definition) is 1. The molecular formula is C22H40N2O4. The largest absolute Gasteiger partial charge is 0.380 e. The quantitative estimate of drug-likeness (QED) is 0.607. The van der Waals surface area contributed by atoms with Crippen LogP contribution in [0.15, 0.2) is 0 Å². The standard InChI is InChI=1S/C22H38N2O4.H2/c1-4-19(25)7-15-28-16-8-20(26)24-13-11-22(12-14-24)9-5-18(6-10-22)21(27)23-17(2)3;/h17-18H,4-16H2,1-3H3,(H,23,27);1H. The highest BCUT2D eigenvalue weighted by Crippen LogP contribution is 2.46. The summed E-state index contributed by atoms with van der Waals surface area (Å²) < 4.78 is 5.43. The third-order valence-corrected chi connectivity index (χ3v) is 6.40. The van der Waals surface area contributed by atoms with E-state index in [1.54, 1.807) is 0 Å². The lowest BCUT2D eigenvalue weighted by molar-refractivity contribution is -0.135. The Morgan fingerprint density at radius 1 is 1.07 bits per heavy atom. The summed E-state index contributed by atoms with van der Waals surface area (Å²) in [5, 5.41) is 3.04. The van der Waals surface area contributed by atoms with Crippen LogP contribution in [-0.2, 0) is 19.1 Å². The van der Waals surface area contributed by atoms with Gasteiger partial charge in [0.05, 0.1) is 19.6 Å². The maximum atomic E-state index is 12.4. The number of rotatable bonds is 9. The summed E-state index contributed by atoms with van der Waals surface area (Å²) in [6, 6.07) is 0.203. The maximum absolute atomic E-state index is 12.4. The molecule has 6 heteroatoms. The molecule has 1 aliphatic heterocycles. The van der Waals surface area contributed by atoms with Crippen LogP contribution >= 0.6 is 0 Å². The first-order valence-electron chi connectivity index (χ1n) is 11.0. The van der Waals surface area contributed by atoms with E-state index in [1.165, 1.54) is 0 Å². The van der Waals surface area contributed by atoms with Gasteiger partial charge in [-0.05, 0) is 57.8 Å². The van der Waals surface area contributed by atoms with Crippen LogP contribution in [0.3, 0.4) is 0 Å². The first-order valence-corrected chi connectivity index (χ1v) is 11.0. The third-order valence-electron chi connectivity index (χ3n) is 6.40. The van der Waals surface area contributed by atoms with E-state index >= 15 is 0 Å². The van der Waals surface area contributed by atoms with Crippen molar-refractivity contribution in [3.8, 4) is 0 Å². The van der Waals surface area contributed by atoms with Gasteiger partial charge in [0.1, 0.15) is 5.78 Å². The number of carbonyl (C=O) groups is 3. The minimum Gasteiger partial charge on any atom is -0.380 e. The fourth-order valence-corrected chi connectivity index (χ4v) is 4.41. The average Bonchev–Trinajstić information content (AvgIpc) is 2.68. The molecule has 0 radical (unpaired) electrons. The van der Waals surface area contributed by atoms with Crippen molar-refractivity contribution in [3.05, 3.63) is 0 Å². The van der Waals surface area contributed by atoms with Crippen LogP contribution in [0.25, 0.3) is 0 Å². The van der Waals surface area contributed by atoms with Gasteiger partial charge in [-0.2, -0.15) is 0 Å². The molecular weight excluding hydrogens is 356 g/mol. The molecule has 2 amide bonds. The zero-order valence-corrected chi connectivity index (χ0v) is 17.9. The molecule has 1 spiro atoms. The first kappa shape index (κ1) is 22.9. The topological polar surface area (TPSA) is 75.7 Å². The SMILES string of the molecule is CCC(=O)CCOCCC(=O)N1CCC2(CCC(C(=O)NC(C)C)CC2)CC1.[HH]. The molecule has 1 saturated carbocycles. The molecule has 0 unspecified atom stereocenters. The molecule has 2 rings (SSSR count). The highest BCUT2D eigenvalue weighted by atomic mass is 16.5. The van der Waals surface area contributed by atoms with Crippen molar-refractivity contribution in [3.63, 3.8) is 0 Å². The Balaban J connectivity index is 0.00000420. The van der Waals surface area contributed by atoms with E-state index in [1.807, 2.05) is 25.7 Å². The van der Waals surface area contributed by atoms with Crippen molar-refractivity contribution in [2.24, 2.45) is 11.3 Å². The van der Waals surface area contributed by atoms with Crippen molar-refractivity contribution < 1.29 is 20.5 Å². The molecule has 0 aromatic rings. The molecule has 0 aromatic carbocycles. The van der Waals surface area contributed by atoms with Crippen LogP contribution < -0.4 is 5.32 Å². The summed E-state index contributed by atoms with van der Waals surface area (Å²) in [4.78, 5) is 37.8. The minimum atomic E-state index is 0. The molecule has 162 valence electrons. The summed E-state index contributed by atoms with van der Waals surface area (Å²) in [5.74, 6) is 0.716. The number of amides is 2. The van der Waals surface area contributed by atoms with Gasteiger partial charge in [-0.3, -0.25) is 14.4 Å². The Kier molecular flexibility index (Phi) is 8.93. The van der Waals surface area contributed by atoms with Gasteiger partial charge in [-0.25, -0.2) is 0 Å². The van der Waals surface area contributed by atoms with E-state index in [0.717, 1.165) is 51.6 Å². The maximum Gasteiger partial charge on any atom is 0.224 e. The second-order valence-electron chi connectivity index (χ2n) is 8.82. The van der Waals surface area contributed by atoms with E-state index in [0.29, 0.717) is 37.9 Å². The second kappa shape index (κ2) is 10.9. The van der Waals surface area contributed by atoms with Crippen LogP contribution in [0.4, 0.5) is 0 Å². The lowest BCUT2D eigenvalue weighted by atomic mass is 9.65. The number of nitrogens with zero attached hydrogens (tertiary/aromatic N) is 1. The van der Waals surface area contributed by atoms with E-state index in [9.17, 15) is 14.4 Å². The van der Waals surface area contributed by atoms with E-state index in [-0.39, 0.29) is 31.0 Å². The molecule has 0 aromatic heterocycles. The number of piperidine rings is 1. The number of ether oxygens (including phenoxy) is 1. The van der Waals surface area contributed by atoms with Crippen LogP contribution in [0.2, 0.25) is 0 Å². The highest BCUT2D eigenvalue weighted by molar-refractivity contribution is 5.79. The molecule has 1 aliphatic carbocycles. The number of nitrogens with one attached hydrogen (secondary N) is 1. The van der Waals surface area contributed by atoms with Gasteiger partial charge in [0.15, 0.2) is 0 Å².